The molecule has 11 aromatic carbocycles. The third-order valence-corrected chi connectivity index (χ3v) is 15.1. The maximum Gasteiger partial charge on any atom is 0.0726 e. The van der Waals surface area contributed by atoms with Gasteiger partial charge in [0.05, 0.1) is 27.8 Å². The summed E-state index contributed by atoms with van der Waals surface area (Å²) in [6, 6.07) is 92.5. The van der Waals surface area contributed by atoms with E-state index in [2.05, 4.69) is 263 Å². The van der Waals surface area contributed by atoms with Gasteiger partial charge in [0.15, 0.2) is 0 Å². The van der Waals surface area contributed by atoms with Crippen LogP contribution in [0.4, 0.5) is 34.1 Å². The zero-order chi connectivity index (χ0) is 44.5. The van der Waals surface area contributed by atoms with Crippen molar-refractivity contribution in [3.8, 4) is 39.1 Å². The fourth-order valence-electron chi connectivity index (χ4n) is 12.4. The van der Waals surface area contributed by atoms with Crippen molar-refractivity contribution in [1.82, 2.24) is 4.57 Å². The second-order valence-corrected chi connectivity index (χ2v) is 18.4. The molecule has 3 aliphatic rings. The molecular formula is C65H41N3. The quantitative estimate of drug-likeness (QED) is 0.171. The molecule has 0 saturated heterocycles. The fourth-order valence-corrected chi connectivity index (χ4v) is 12.4. The smallest absolute Gasteiger partial charge is 0.0726 e. The van der Waals surface area contributed by atoms with E-state index < -0.39 is 5.41 Å². The molecule has 0 N–H and O–H groups in total. The Morgan fingerprint density at radius 1 is 0.309 bits per heavy atom. The van der Waals surface area contributed by atoms with Crippen LogP contribution in [0.1, 0.15) is 22.3 Å². The predicted octanol–water partition coefficient (Wildman–Crippen LogP) is 17.2. The third-order valence-electron chi connectivity index (χ3n) is 15.1. The van der Waals surface area contributed by atoms with E-state index in [0.29, 0.717) is 0 Å². The zero-order valence-electron chi connectivity index (χ0n) is 37.0. The molecule has 3 nitrogen and oxygen atoms in total. The largest absolute Gasteiger partial charge is 0.310 e. The molecule has 0 amide bonds. The topological polar surface area (TPSA) is 11.4 Å². The molecule has 1 aromatic heterocycles. The Kier molecular flexibility index (Phi) is 7.71. The highest BCUT2D eigenvalue weighted by Gasteiger charge is 2.51. The van der Waals surface area contributed by atoms with Crippen molar-refractivity contribution in [2.75, 3.05) is 9.80 Å². The van der Waals surface area contributed by atoms with Gasteiger partial charge in [-0.1, -0.05) is 170 Å². The summed E-state index contributed by atoms with van der Waals surface area (Å²) < 4.78 is 2.40. The van der Waals surface area contributed by atoms with E-state index in [1.54, 1.807) is 0 Å². The zero-order valence-corrected chi connectivity index (χ0v) is 37.0. The van der Waals surface area contributed by atoms with Gasteiger partial charge in [0.2, 0.25) is 0 Å². The van der Waals surface area contributed by atoms with E-state index in [1.807, 2.05) is 0 Å². The summed E-state index contributed by atoms with van der Waals surface area (Å²) in [5, 5.41) is 4.95. The van der Waals surface area contributed by atoms with Gasteiger partial charge < -0.3 is 14.4 Å². The van der Waals surface area contributed by atoms with Crippen LogP contribution in [0.2, 0.25) is 0 Å². The molecule has 316 valence electrons. The number of hydrogen-bond donors (Lipinski definition) is 0. The number of anilines is 6. The van der Waals surface area contributed by atoms with Gasteiger partial charge >= 0.3 is 0 Å². The van der Waals surface area contributed by atoms with Crippen molar-refractivity contribution in [1.29, 1.82) is 0 Å². The first kappa shape index (κ1) is 37.3. The van der Waals surface area contributed by atoms with Crippen LogP contribution in [0.5, 0.6) is 0 Å². The molecule has 2 aliphatic carbocycles. The van der Waals surface area contributed by atoms with E-state index in [4.69, 9.17) is 0 Å². The second kappa shape index (κ2) is 14.0. The molecule has 0 radical (unpaired) electrons. The van der Waals surface area contributed by atoms with Crippen LogP contribution in [-0.2, 0) is 5.41 Å². The number of aromatic nitrogens is 1. The highest BCUT2D eigenvalue weighted by Crippen LogP contribution is 2.63. The normalized spacial score (nSPS) is 13.4. The Hall–Kier alpha value is -8.92. The summed E-state index contributed by atoms with van der Waals surface area (Å²) in [5.74, 6) is 0. The lowest BCUT2D eigenvalue weighted by atomic mass is 9.70. The SMILES string of the molecule is c1ccc(N2c3cc(N(c4ccc5c(c4)C4(c6ccccc6-c6ccccc64)c4ccccc4-5)c4ccc5c(c4)c4ccccc4n5-c4ccccc4)ccc3-c3cccc4cccc2c34)cc1. The average Bonchev–Trinajstić information content (AvgIpc) is 4.01. The van der Waals surface area contributed by atoms with Crippen LogP contribution in [-0.4, -0.2) is 4.57 Å². The summed E-state index contributed by atoms with van der Waals surface area (Å²) in [7, 11) is 0. The maximum atomic E-state index is 2.51. The van der Waals surface area contributed by atoms with Crippen LogP contribution in [0.15, 0.2) is 249 Å². The molecule has 0 atom stereocenters. The van der Waals surface area contributed by atoms with Gasteiger partial charge in [-0.3, -0.25) is 0 Å². The lowest BCUT2D eigenvalue weighted by Crippen LogP contribution is -2.26. The number of nitrogens with zero attached hydrogens (tertiary/aromatic N) is 3. The fraction of sp³-hybridized carbons (Fsp3) is 0.0154. The highest BCUT2D eigenvalue weighted by atomic mass is 15.2. The first-order valence-electron chi connectivity index (χ1n) is 23.6. The van der Waals surface area contributed by atoms with Crippen molar-refractivity contribution in [2.45, 2.75) is 5.41 Å². The molecular weight excluding hydrogens is 823 g/mol. The minimum Gasteiger partial charge on any atom is -0.310 e. The minimum atomic E-state index is -0.476. The van der Waals surface area contributed by atoms with E-state index in [9.17, 15) is 0 Å². The van der Waals surface area contributed by atoms with Crippen molar-refractivity contribution >= 4 is 66.7 Å². The van der Waals surface area contributed by atoms with Gasteiger partial charge in [0.25, 0.3) is 0 Å². The monoisotopic (exact) mass is 863 g/mol. The lowest BCUT2D eigenvalue weighted by molar-refractivity contribution is 0.793. The number of hydrogen-bond acceptors (Lipinski definition) is 2. The van der Waals surface area contributed by atoms with Crippen molar-refractivity contribution in [3.05, 3.63) is 271 Å². The Morgan fingerprint density at radius 3 is 1.53 bits per heavy atom. The second-order valence-electron chi connectivity index (χ2n) is 18.4. The summed E-state index contributed by atoms with van der Waals surface area (Å²) in [5.41, 5.74) is 22.8. The Bertz CT molecular complexity index is 3980. The number of fused-ring (bicyclic) bond motifs is 15. The van der Waals surface area contributed by atoms with Crippen LogP contribution in [0.3, 0.4) is 0 Å². The van der Waals surface area contributed by atoms with E-state index in [0.717, 1.165) is 34.1 Å². The molecule has 0 saturated carbocycles. The lowest BCUT2D eigenvalue weighted by Gasteiger charge is -2.35. The molecule has 2 heterocycles. The minimum absolute atomic E-state index is 0.476. The third kappa shape index (κ3) is 4.97. The van der Waals surface area contributed by atoms with Crippen molar-refractivity contribution < 1.29 is 0 Å². The number of para-hydroxylation sites is 3. The maximum absolute atomic E-state index is 2.51. The van der Waals surface area contributed by atoms with Gasteiger partial charge in [0.1, 0.15) is 0 Å². The Labute approximate surface area is 394 Å². The molecule has 1 aliphatic heterocycles. The summed E-state index contributed by atoms with van der Waals surface area (Å²) in [4.78, 5) is 4.96. The van der Waals surface area contributed by atoms with Crippen molar-refractivity contribution in [2.24, 2.45) is 0 Å². The van der Waals surface area contributed by atoms with E-state index >= 15 is 0 Å². The molecule has 0 unspecified atom stereocenters. The van der Waals surface area contributed by atoms with Crippen LogP contribution >= 0.6 is 0 Å². The van der Waals surface area contributed by atoms with Gasteiger partial charge in [-0.2, -0.15) is 0 Å². The van der Waals surface area contributed by atoms with E-state index in [1.165, 1.54) is 93.9 Å². The molecule has 0 bridgehead atoms. The standard InChI is InChI=1S/C65H41N3/c1-3-19-43(20-4-1)67-60-31-14-10-26-52(60)55-39-45(35-38-61(55)67)66(47-34-37-53-54-27-15-17-42-18-16-32-62(64(42)54)68(63(53)41-47)44-21-5-2-6-22-44)46-33-36-51-50-25-9-13-30-58(50)65(59(51)40-46)56-28-11-7-23-48(56)49-24-8-12-29-57(49)65/h1-41H. The molecule has 1 spiro atoms. The Morgan fingerprint density at radius 2 is 0.824 bits per heavy atom. The van der Waals surface area contributed by atoms with Gasteiger partial charge in [-0.05, 0) is 134 Å². The summed E-state index contributed by atoms with van der Waals surface area (Å²) in [6.07, 6.45) is 0. The van der Waals surface area contributed by atoms with Crippen molar-refractivity contribution in [3.63, 3.8) is 0 Å². The average molecular weight is 864 g/mol. The Balaban J connectivity index is 1.01. The van der Waals surface area contributed by atoms with Crippen LogP contribution < -0.4 is 9.80 Å². The number of rotatable bonds is 5. The van der Waals surface area contributed by atoms with Crippen LogP contribution in [0.25, 0.3) is 71.6 Å². The van der Waals surface area contributed by atoms with Crippen LogP contribution in [0, 0.1) is 0 Å². The first-order chi connectivity index (χ1) is 33.8. The summed E-state index contributed by atoms with van der Waals surface area (Å²) in [6.45, 7) is 0. The number of benzene rings is 11. The first-order valence-corrected chi connectivity index (χ1v) is 23.6. The molecule has 12 aromatic rings. The van der Waals surface area contributed by atoms with Gasteiger partial charge in [0, 0.05) is 50.2 Å². The van der Waals surface area contributed by atoms with Gasteiger partial charge in [-0.25, -0.2) is 0 Å². The van der Waals surface area contributed by atoms with E-state index in [-0.39, 0.29) is 0 Å². The highest BCUT2D eigenvalue weighted by molar-refractivity contribution is 6.15. The predicted molar refractivity (Wildman–Crippen MR) is 283 cm³/mol. The molecule has 15 rings (SSSR count). The molecule has 3 heteroatoms. The molecule has 68 heavy (non-hydrogen) atoms. The van der Waals surface area contributed by atoms with Gasteiger partial charge in [-0.15, -0.1) is 0 Å². The summed E-state index contributed by atoms with van der Waals surface area (Å²) >= 11 is 0. The molecule has 0 fully saturated rings.